The molecule has 1 N–H and O–H groups in total. The molecule has 0 bridgehead atoms. The molecule has 0 saturated carbocycles. The van der Waals surface area contributed by atoms with Crippen molar-refractivity contribution in [3.05, 3.63) is 87.3 Å². The van der Waals surface area contributed by atoms with Gasteiger partial charge in [0.05, 0.1) is 28.9 Å². The molecule has 4 aromatic rings. The van der Waals surface area contributed by atoms with Crippen molar-refractivity contribution in [1.29, 1.82) is 0 Å². The summed E-state index contributed by atoms with van der Waals surface area (Å²) in [6.45, 7) is 0. The van der Waals surface area contributed by atoms with Crippen molar-refractivity contribution in [3.8, 4) is 38.7 Å². The predicted molar refractivity (Wildman–Crippen MR) is 119 cm³/mol. The molecule has 33 heavy (non-hydrogen) atoms. The van der Waals surface area contributed by atoms with Crippen LogP contribution in [0.4, 0.5) is 14.5 Å². The number of halogens is 2. The molecule has 7 nitrogen and oxygen atoms in total. The van der Waals surface area contributed by atoms with Gasteiger partial charge in [0.2, 0.25) is 5.82 Å². The third kappa shape index (κ3) is 4.03. The number of aromatic nitrogens is 1. The molecule has 1 heterocycles. The number of nitro benzene ring substituents is 1. The molecule has 0 unspecified atom stereocenters. The molecule has 0 aliphatic carbocycles. The first-order valence-electron chi connectivity index (χ1n) is 9.41. The van der Waals surface area contributed by atoms with Crippen LogP contribution in [-0.4, -0.2) is 28.1 Å². The van der Waals surface area contributed by atoms with Gasteiger partial charge in [0.25, 0.3) is 5.69 Å². The molecule has 10 heteroatoms. The molecule has 166 valence electrons. The van der Waals surface area contributed by atoms with E-state index in [1.807, 2.05) is 0 Å². The second-order valence-corrected chi connectivity index (χ2v) is 7.68. The first-order valence-corrected chi connectivity index (χ1v) is 10.3. The number of hydrogen-bond acceptors (Lipinski definition) is 6. The summed E-state index contributed by atoms with van der Waals surface area (Å²) in [7, 11) is 1.23. The summed E-state index contributed by atoms with van der Waals surface area (Å²) in [6.07, 6.45) is 0. The van der Waals surface area contributed by atoms with Crippen LogP contribution in [0.3, 0.4) is 0 Å². The van der Waals surface area contributed by atoms with Crippen molar-refractivity contribution in [3.63, 3.8) is 0 Å². The van der Waals surface area contributed by atoms with Crippen LogP contribution in [0.15, 0.2) is 60.0 Å². The topological polar surface area (TPSA) is 103 Å². The van der Waals surface area contributed by atoms with Gasteiger partial charge in [0, 0.05) is 28.1 Å². The van der Waals surface area contributed by atoms with Crippen molar-refractivity contribution in [2.45, 2.75) is 0 Å². The average Bonchev–Trinajstić information content (AvgIpc) is 3.30. The fraction of sp³-hybridized carbons (Fsp3) is 0.0435. The van der Waals surface area contributed by atoms with Crippen LogP contribution < -0.4 is 4.74 Å². The van der Waals surface area contributed by atoms with Crippen LogP contribution in [0.25, 0.3) is 33.0 Å². The highest BCUT2D eigenvalue weighted by Gasteiger charge is 2.22. The second-order valence-electron chi connectivity index (χ2n) is 6.82. The van der Waals surface area contributed by atoms with E-state index in [9.17, 15) is 28.8 Å². The van der Waals surface area contributed by atoms with Gasteiger partial charge < -0.3 is 9.84 Å². The molecule has 0 spiro atoms. The minimum Gasteiger partial charge on any atom is -0.494 e. The zero-order valence-electron chi connectivity index (χ0n) is 16.9. The number of para-hydroxylation sites is 1. The average molecular weight is 468 g/mol. The smallest absolute Gasteiger partial charge is 0.336 e. The molecular formula is C23H14F2N2O5S. The van der Waals surface area contributed by atoms with Crippen LogP contribution >= 0.6 is 11.3 Å². The molecule has 0 aliphatic rings. The number of rotatable bonds is 6. The zero-order valence-corrected chi connectivity index (χ0v) is 17.7. The highest BCUT2D eigenvalue weighted by Crippen LogP contribution is 2.37. The Hall–Kier alpha value is -4.18. The number of carboxylic acid groups (broad SMARTS) is 1. The summed E-state index contributed by atoms with van der Waals surface area (Å²) in [5.41, 5.74) is 0.502. The van der Waals surface area contributed by atoms with Gasteiger partial charge in [0.15, 0.2) is 11.6 Å². The molecule has 4 rings (SSSR count). The first-order chi connectivity index (χ1) is 15.8. The molecule has 0 aliphatic heterocycles. The van der Waals surface area contributed by atoms with Gasteiger partial charge >= 0.3 is 5.97 Å². The van der Waals surface area contributed by atoms with E-state index in [1.165, 1.54) is 55.0 Å². The Balaban J connectivity index is 1.78. The lowest BCUT2D eigenvalue weighted by Crippen LogP contribution is -2.02. The predicted octanol–water partition coefficient (Wildman–Crippen LogP) is 6.04. The SMILES string of the molecule is COc1ccc(-c2csc(-c3ccc(-c4ccccc4[N+](=O)[O-])c(C(=O)O)c3)n2)c(F)c1F. The summed E-state index contributed by atoms with van der Waals surface area (Å²) < 4.78 is 33.3. The Morgan fingerprint density at radius 1 is 1.06 bits per heavy atom. The zero-order chi connectivity index (χ0) is 23.7. The summed E-state index contributed by atoms with van der Waals surface area (Å²) in [5, 5.41) is 23.0. The van der Waals surface area contributed by atoms with E-state index in [4.69, 9.17) is 4.74 Å². The number of carboxylic acids is 1. The maximum Gasteiger partial charge on any atom is 0.336 e. The molecule has 0 fully saturated rings. The number of thiazole rings is 1. The van der Waals surface area contributed by atoms with E-state index in [1.54, 1.807) is 12.1 Å². The van der Waals surface area contributed by atoms with Crippen LogP contribution in [0.1, 0.15) is 10.4 Å². The van der Waals surface area contributed by atoms with Gasteiger partial charge in [-0.1, -0.05) is 24.3 Å². The Morgan fingerprint density at radius 2 is 1.79 bits per heavy atom. The van der Waals surface area contributed by atoms with Gasteiger partial charge in [0.1, 0.15) is 5.01 Å². The lowest BCUT2D eigenvalue weighted by atomic mass is 9.96. The highest BCUT2D eigenvalue weighted by molar-refractivity contribution is 7.13. The molecule has 3 aromatic carbocycles. The number of nitrogens with zero attached hydrogens (tertiary/aromatic N) is 2. The minimum absolute atomic E-state index is 0.0641. The van der Waals surface area contributed by atoms with Gasteiger partial charge in [-0.3, -0.25) is 10.1 Å². The minimum atomic E-state index is -1.27. The Kier molecular flexibility index (Phi) is 5.84. The van der Waals surface area contributed by atoms with E-state index in [-0.39, 0.29) is 39.4 Å². The maximum atomic E-state index is 14.4. The monoisotopic (exact) mass is 468 g/mol. The third-order valence-electron chi connectivity index (χ3n) is 4.93. The fourth-order valence-electron chi connectivity index (χ4n) is 3.37. The normalized spacial score (nSPS) is 10.8. The van der Waals surface area contributed by atoms with Crippen molar-refractivity contribution in [2.75, 3.05) is 7.11 Å². The molecule has 1 aromatic heterocycles. The van der Waals surface area contributed by atoms with E-state index < -0.39 is 22.5 Å². The van der Waals surface area contributed by atoms with Crippen molar-refractivity contribution >= 4 is 23.0 Å². The lowest BCUT2D eigenvalue weighted by Gasteiger charge is -2.09. The fourth-order valence-corrected chi connectivity index (χ4v) is 4.18. The molecular weight excluding hydrogens is 454 g/mol. The van der Waals surface area contributed by atoms with E-state index >= 15 is 0 Å². The Labute approximate surface area is 189 Å². The van der Waals surface area contributed by atoms with E-state index in [2.05, 4.69) is 4.98 Å². The summed E-state index contributed by atoms with van der Waals surface area (Å²) in [5.74, 6) is -3.75. The van der Waals surface area contributed by atoms with E-state index in [0.717, 1.165) is 11.3 Å². The quantitative estimate of drug-likeness (QED) is 0.273. The van der Waals surface area contributed by atoms with Crippen LogP contribution in [0.2, 0.25) is 0 Å². The van der Waals surface area contributed by atoms with Gasteiger partial charge in [-0.05, 0) is 24.3 Å². The number of carbonyl (C=O) groups is 1. The Morgan fingerprint density at radius 3 is 2.48 bits per heavy atom. The largest absolute Gasteiger partial charge is 0.494 e. The van der Waals surface area contributed by atoms with Crippen LogP contribution in [0.5, 0.6) is 5.75 Å². The van der Waals surface area contributed by atoms with Crippen molar-refractivity contribution in [2.24, 2.45) is 0 Å². The lowest BCUT2D eigenvalue weighted by molar-refractivity contribution is -0.384. The van der Waals surface area contributed by atoms with Gasteiger partial charge in [-0.25, -0.2) is 14.2 Å². The van der Waals surface area contributed by atoms with Gasteiger partial charge in [-0.2, -0.15) is 4.39 Å². The number of aromatic carboxylic acids is 1. The summed E-state index contributed by atoms with van der Waals surface area (Å²) in [4.78, 5) is 27.1. The molecule has 0 amide bonds. The Bertz CT molecular complexity index is 1400. The van der Waals surface area contributed by atoms with Crippen molar-refractivity contribution < 1.29 is 28.3 Å². The first kappa shape index (κ1) is 22.0. The second kappa shape index (κ2) is 8.75. The van der Waals surface area contributed by atoms with Gasteiger partial charge in [-0.15, -0.1) is 11.3 Å². The maximum absolute atomic E-state index is 14.4. The third-order valence-corrected chi connectivity index (χ3v) is 5.83. The highest BCUT2D eigenvalue weighted by atomic mass is 32.1. The number of ether oxygens (including phenoxy) is 1. The number of hydrogen-bond donors (Lipinski definition) is 1. The summed E-state index contributed by atoms with van der Waals surface area (Å²) >= 11 is 1.12. The van der Waals surface area contributed by atoms with Crippen LogP contribution in [-0.2, 0) is 0 Å². The van der Waals surface area contributed by atoms with Crippen molar-refractivity contribution in [1.82, 2.24) is 4.98 Å². The molecule has 0 atom stereocenters. The number of nitro groups is 1. The van der Waals surface area contributed by atoms with E-state index in [0.29, 0.717) is 10.6 Å². The number of benzene rings is 3. The molecule has 0 saturated heterocycles. The number of methoxy groups -OCH3 is 1. The molecule has 0 radical (unpaired) electrons. The van der Waals surface area contributed by atoms with Crippen LogP contribution in [0, 0.1) is 21.7 Å². The summed E-state index contributed by atoms with van der Waals surface area (Å²) in [6, 6.07) is 12.9. The standard InChI is InChI=1S/C23H14F2N2O5S/c1-32-19-9-8-15(20(24)21(19)25)17-11-33-22(26-17)12-6-7-13(16(10-12)23(28)29)14-4-2-3-5-18(14)27(30)31/h2-11H,1H3,(H,28,29).